The van der Waals surface area contributed by atoms with Gasteiger partial charge in [0.1, 0.15) is 0 Å². The highest BCUT2D eigenvalue weighted by molar-refractivity contribution is 5.99. The van der Waals surface area contributed by atoms with E-state index < -0.39 is 17.8 Å². The summed E-state index contributed by atoms with van der Waals surface area (Å²) in [6.45, 7) is 3.72. The molecule has 0 bridgehead atoms. The van der Waals surface area contributed by atoms with Crippen molar-refractivity contribution in [1.29, 1.82) is 0 Å². The van der Waals surface area contributed by atoms with Gasteiger partial charge in [-0.2, -0.15) is 18.3 Å². The van der Waals surface area contributed by atoms with Crippen molar-refractivity contribution in [3.05, 3.63) is 78.8 Å². The van der Waals surface area contributed by atoms with Gasteiger partial charge in [-0.1, -0.05) is 0 Å². The lowest BCUT2D eigenvalue weighted by Crippen LogP contribution is -2.18. The zero-order chi connectivity index (χ0) is 26.3. The van der Waals surface area contributed by atoms with Crippen molar-refractivity contribution < 1.29 is 18.0 Å². The van der Waals surface area contributed by atoms with Crippen LogP contribution in [0, 0.1) is 0 Å². The van der Waals surface area contributed by atoms with Crippen LogP contribution in [0.1, 0.15) is 29.9 Å². The van der Waals surface area contributed by atoms with Gasteiger partial charge in [-0.05, 0) is 50.2 Å². The van der Waals surface area contributed by atoms with Gasteiger partial charge in [0.15, 0.2) is 11.3 Å². The van der Waals surface area contributed by atoms with Gasteiger partial charge in [-0.3, -0.25) is 9.78 Å². The Labute approximate surface area is 208 Å². The molecule has 0 atom stereocenters. The lowest BCUT2D eigenvalue weighted by Gasteiger charge is -2.15. The molecule has 12 heteroatoms. The molecule has 0 aliphatic rings. The van der Waals surface area contributed by atoms with E-state index in [9.17, 15) is 18.0 Å². The maximum Gasteiger partial charge on any atom is 0.435 e. The summed E-state index contributed by atoms with van der Waals surface area (Å²) in [5.41, 5.74) is 6.72. The summed E-state index contributed by atoms with van der Waals surface area (Å²) in [6.07, 6.45) is 2.93. The number of nitrogens with one attached hydrogen (secondary N) is 1. The second kappa shape index (κ2) is 9.04. The summed E-state index contributed by atoms with van der Waals surface area (Å²) < 4.78 is 45.3. The first kappa shape index (κ1) is 24.0. The molecule has 0 radical (unpaired) electrons. The van der Waals surface area contributed by atoms with E-state index >= 15 is 0 Å². The minimum Gasteiger partial charge on any atom is -0.382 e. The van der Waals surface area contributed by atoms with E-state index in [1.54, 1.807) is 30.7 Å². The monoisotopic (exact) mass is 506 g/mol. The number of carbonyl (C=O) groups excluding carboxylic acids is 1. The minimum absolute atomic E-state index is 0.0104. The van der Waals surface area contributed by atoms with Gasteiger partial charge in [-0.15, -0.1) is 0 Å². The highest BCUT2D eigenvalue weighted by Crippen LogP contribution is 2.38. The Hall–Kier alpha value is -4.74. The number of benzene rings is 1. The lowest BCUT2D eigenvalue weighted by atomic mass is 10.1. The van der Waals surface area contributed by atoms with Gasteiger partial charge < -0.3 is 15.6 Å². The summed E-state index contributed by atoms with van der Waals surface area (Å²) in [5, 5.41) is 6.83. The number of anilines is 1. The smallest absolute Gasteiger partial charge is 0.382 e. The molecular formula is C25H21F3N8O. The second-order valence-electron chi connectivity index (χ2n) is 8.59. The molecule has 5 rings (SSSR count). The number of imidazole rings is 1. The van der Waals surface area contributed by atoms with Crippen molar-refractivity contribution in [3.63, 3.8) is 0 Å². The Bertz CT molecular complexity index is 1610. The van der Waals surface area contributed by atoms with Crippen molar-refractivity contribution in [2.45, 2.75) is 26.1 Å². The quantitative estimate of drug-likeness (QED) is 0.348. The molecule has 5 aromatic rings. The average Bonchev–Trinajstić information content (AvgIpc) is 3.49. The van der Waals surface area contributed by atoms with Crippen LogP contribution in [0.2, 0.25) is 0 Å². The van der Waals surface area contributed by atoms with E-state index in [0.29, 0.717) is 11.4 Å². The fraction of sp³-hybridized carbons (Fsp3) is 0.160. The van der Waals surface area contributed by atoms with E-state index in [4.69, 9.17) is 5.73 Å². The zero-order valence-electron chi connectivity index (χ0n) is 19.7. The molecule has 0 unspecified atom stereocenters. The molecule has 0 aliphatic heterocycles. The number of nitrogens with zero attached hydrogens (tertiary/aromatic N) is 6. The number of halogens is 3. The normalized spacial score (nSPS) is 11.8. The largest absolute Gasteiger partial charge is 0.435 e. The first-order chi connectivity index (χ1) is 17.6. The summed E-state index contributed by atoms with van der Waals surface area (Å²) in [7, 11) is 0. The Morgan fingerprint density at radius 3 is 2.59 bits per heavy atom. The van der Waals surface area contributed by atoms with E-state index in [2.05, 4.69) is 25.4 Å². The summed E-state index contributed by atoms with van der Waals surface area (Å²) in [5.74, 6) is -0.666. The summed E-state index contributed by atoms with van der Waals surface area (Å²) in [6, 6.07) is 9.41. The Morgan fingerprint density at radius 1 is 1.11 bits per heavy atom. The molecule has 9 nitrogen and oxygen atoms in total. The van der Waals surface area contributed by atoms with Crippen LogP contribution in [0.5, 0.6) is 0 Å². The predicted molar refractivity (Wildman–Crippen MR) is 131 cm³/mol. The number of aromatic nitrogens is 6. The number of pyridine rings is 2. The van der Waals surface area contributed by atoms with Crippen LogP contribution in [-0.2, 0) is 6.18 Å². The first-order valence-corrected chi connectivity index (χ1v) is 11.2. The molecular weight excluding hydrogens is 485 g/mol. The lowest BCUT2D eigenvalue weighted by molar-refractivity contribution is -0.140. The van der Waals surface area contributed by atoms with Crippen LogP contribution in [0.3, 0.4) is 0 Å². The highest BCUT2D eigenvalue weighted by atomic mass is 19.4. The minimum atomic E-state index is -4.76. The molecule has 188 valence electrons. The van der Waals surface area contributed by atoms with Gasteiger partial charge in [0, 0.05) is 42.1 Å². The molecule has 4 heterocycles. The Morgan fingerprint density at radius 2 is 1.92 bits per heavy atom. The van der Waals surface area contributed by atoms with Crippen LogP contribution in [0.25, 0.3) is 33.7 Å². The van der Waals surface area contributed by atoms with Crippen molar-refractivity contribution in [2.75, 3.05) is 5.32 Å². The van der Waals surface area contributed by atoms with Gasteiger partial charge in [0.05, 0.1) is 34.3 Å². The average molecular weight is 506 g/mol. The van der Waals surface area contributed by atoms with Crippen LogP contribution < -0.4 is 11.1 Å². The summed E-state index contributed by atoms with van der Waals surface area (Å²) in [4.78, 5) is 24.5. The molecule has 0 saturated carbocycles. The number of nitrogens with two attached hydrogens (primary N) is 1. The van der Waals surface area contributed by atoms with Crippen molar-refractivity contribution in [3.8, 4) is 22.6 Å². The number of alkyl halides is 3. The van der Waals surface area contributed by atoms with Gasteiger partial charge in [0.25, 0.3) is 5.91 Å². The summed E-state index contributed by atoms with van der Waals surface area (Å²) >= 11 is 0. The van der Waals surface area contributed by atoms with Crippen LogP contribution in [-0.4, -0.2) is 41.2 Å². The van der Waals surface area contributed by atoms with Crippen molar-refractivity contribution in [2.24, 2.45) is 5.73 Å². The van der Waals surface area contributed by atoms with Gasteiger partial charge >= 0.3 is 6.18 Å². The van der Waals surface area contributed by atoms with E-state index in [1.807, 2.05) is 13.8 Å². The SMILES string of the molecule is CC(C)Nc1cc(-n2nc(C(F)(F)F)c3c(-n4cnc(-c5cccnc5)c4)ccnc32)ccc1C(N)=O. The third-order valence-corrected chi connectivity index (χ3v) is 5.59. The molecule has 0 saturated heterocycles. The molecule has 0 fully saturated rings. The molecule has 1 aromatic carbocycles. The molecule has 4 aromatic heterocycles. The highest BCUT2D eigenvalue weighted by Gasteiger charge is 2.39. The maximum absolute atomic E-state index is 14.2. The Kier molecular flexibility index (Phi) is 5.86. The number of fused-ring (bicyclic) bond motifs is 1. The molecule has 37 heavy (non-hydrogen) atoms. The van der Waals surface area contributed by atoms with Crippen LogP contribution in [0.15, 0.2) is 67.5 Å². The fourth-order valence-electron chi connectivity index (χ4n) is 4.05. The first-order valence-electron chi connectivity index (χ1n) is 11.2. The van der Waals surface area contributed by atoms with Crippen molar-refractivity contribution in [1.82, 2.24) is 29.3 Å². The maximum atomic E-state index is 14.2. The number of primary amides is 1. The predicted octanol–water partition coefficient (Wildman–Crippen LogP) is 4.61. The third-order valence-electron chi connectivity index (χ3n) is 5.59. The molecule has 0 aliphatic carbocycles. The topological polar surface area (TPSA) is 117 Å². The standard InChI is InChI=1S/C25H21F3N8O/c1-14(2)33-18-10-16(5-6-17(18)23(29)37)36-24-21(22(34-36)25(26,27)28)20(7-9-31-24)35-12-19(32-13-35)15-4-3-8-30-11-15/h3-14,33H,1-2H3,(H2,29,37). The van der Waals surface area contributed by atoms with Gasteiger partial charge in [-0.25, -0.2) is 14.6 Å². The molecule has 1 amide bonds. The number of hydrogen-bond donors (Lipinski definition) is 2. The molecule has 0 spiro atoms. The van der Waals surface area contributed by atoms with E-state index in [0.717, 1.165) is 10.2 Å². The van der Waals surface area contributed by atoms with Crippen LogP contribution >= 0.6 is 0 Å². The third kappa shape index (κ3) is 4.48. The number of hydrogen-bond acceptors (Lipinski definition) is 6. The number of amides is 1. The fourth-order valence-corrected chi connectivity index (χ4v) is 4.05. The van der Waals surface area contributed by atoms with Crippen molar-refractivity contribution >= 4 is 22.6 Å². The number of rotatable bonds is 6. The van der Waals surface area contributed by atoms with E-state index in [1.165, 1.54) is 41.4 Å². The van der Waals surface area contributed by atoms with Crippen LogP contribution in [0.4, 0.5) is 18.9 Å². The second-order valence-corrected chi connectivity index (χ2v) is 8.59. The van der Waals surface area contributed by atoms with E-state index in [-0.39, 0.29) is 34.0 Å². The number of carbonyl (C=O) groups is 1. The Balaban J connectivity index is 1.71. The molecule has 3 N–H and O–H groups in total. The van der Waals surface area contributed by atoms with Gasteiger partial charge in [0.2, 0.25) is 0 Å². The zero-order valence-corrected chi connectivity index (χ0v) is 19.7.